The summed E-state index contributed by atoms with van der Waals surface area (Å²) in [5.74, 6) is 1.44. The van der Waals surface area contributed by atoms with Crippen molar-refractivity contribution in [2.45, 2.75) is 11.3 Å². The van der Waals surface area contributed by atoms with E-state index in [0.29, 0.717) is 6.42 Å². The van der Waals surface area contributed by atoms with Gasteiger partial charge in [0.15, 0.2) is 0 Å². The number of nitrogen functional groups attached to an aromatic ring is 1. The van der Waals surface area contributed by atoms with Crippen molar-refractivity contribution in [3.63, 3.8) is 0 Å². The molecule has 0 atom stereocenters. The Labute approximate surface area is 128 Å². The van der Waals surface area contributed by atoms with Crippen LogP contribution >= 0.6 is 11.8 Å². The molecule has 0 saturated carbocycles. The first kappa shape index (κ1) is 15.3. The van der Waals surface area contributed by atoms with Gasteiger partial charge < -0.3 is 15.8 Å². The second kappa shape index (κ2) is 7.59. The van der Waals surface area contributed by atoms with Gasteiger partial charge in [0.05, 0.1) is 7.11 Å². The standard InChI is InChI=1S/C16H18N2O2S/c1-20-14-4-2-3-13(11-14)18-16(19)9-10-21-15-7-5-12(17)6-8-15/h2-8,11H,9-10,17H2,1H3,(H,18,19). The molecule has 0 bridgehead atoms. The van der Waals surface area contributed by atoms with Crippen LogP contribution < -0.4 is 15.8 Å². The van der Waals surface area contributed by atoms with Gasteiger partial charge in [-0.1, -0.05) is 6.07 Å². The van der Waals surface area contributed by atoms with Crippen LogP contribution in [-0.2, 0) is 4.79 Å². The zero-order valence-corrected chi connectivity index (χ0v) is 12.7. The van der Waals surface area contributed by atoms with Gasteiger partial charge in [-0.15, -0.1) is 11.8 Å². The van der Waals surface area contributed by atoms with E-state index >= 15 is 0 Å². The average molecular weight is 302 g/mol. The van der Waals surface area contributed by atoms with Crippen molar-refractivity contribution >= 4 is 29.0 Å². The number of amides is 1. The summed E-state index contributed by atoms with van der Waals surface area (Å²) in [6.45, 7) is 0. The minimum Gasteiger partial charge on any atom is -0.497 e. The summed E-state index contributed by atoms with van der Waals surface area (Å²) in [6, 6.07) is 15.0. The van der Waals surface area contributed by atoms with Crippen molar-refractivity contribution < 1.29 is 9.53 Å². The number of nitrogens with one attached hydrogen (secondary N) is 1. The van der Waals surface area contributed by atoms with Crippen LogP contribution in [0, 0.1) is 0 Å². The van der Waals surface area contributed by atoms with E-state index in [1.54, 1.807) is 24.9 Å². The Morgan fingerprint density at radius 1 is 1.24 bits per heavy atom. The molecule has 21 heavy (non-hydrogen) atoms. The molecule has 0 radical (unpaired) electrons. The minimum absolute atomic E-state index is 0.00815. The van der Waals surface area contributed by atoms with Crippen LogP contribution in [0.3, 0.4) is 0 Å². The van der Waals surface area contributed by atoms with Crippen LogP contribution in [0.5, 0.6) is 5.75 Å². The molecule has 4 nitrogen and oxygen atoms in total. The smallest absolute Gasteiger partial charge is 0.225 e. The van der Waals surface area contributed by atoms with E-state index in [2.05, 4.69) is 5.32 Å². The lowest BCUT2D eigenvalue weighted by Gasteiger charge is -2.07. The second-order valence-electron chi connectivity index (χ2n) is 4.45. The predicted molar refractivity (Wildman–Crippen MR) is 87.8 cm³/mol. The highest BCUT2D eigenvalue weighted by molar-refractivity contribution is 7.99. The van der Waals surface area contributed by atoms with E-state index in [0.717, 1.165) is 27.8 Å². The number of rotatable bonds is 6. The van der Waals surface area contributed by atoms with Crippen molar-refractivity contribution in [3.05, 3.63) is 48.5 Å². The van der Waals surface area contributed by atoms with Gasteiger partial charge in [-0.2, -0.15) is 0 Å². The molecule has 2 aromatic carbocycles. The lowest BCUT2D eigenvalue weighted by molar-refractivity contribution is -0.115. The molecule has 0 spiro atoms. The van der Waals surface area contributed by atoms with E-state index in [1.165, 1.54) is 0 Å². The molecule has 0 saturated heterocycles. The van der Waals surface area contributed by atoms with Crippen LogP contribution in [-0.4, -0.2) is 18.8 Å². The summed E-state index contributed by atoms with van der Waals surface area (Å²) < 4.78 is 5.12. The summed E-state index contributed by atoms with van der Waals surface area (Å²) >= 11 is 1.63. The van der Waals surface area contributed by atoms with Crippen LogP contribution in [0.2, 0.25) is 0 Å². The number of carbonyl (C=O) groups excluding carboxylic acids is 1. The summed E-state index contributed by atoms with van der Waals surface area (Å²) in [7, 11) is 1.60. The molecule has 0 aliphatic carbocycles. The number of carbonyl (C=O) groups is 1. The fraction of sp³-hybridized carbons (Fsp3) is 0.188. The van der Waals surface area contributed by atoms with Crippen LogP contribution in [0.25, 0.3) is 0 Å². The summed E-state index contributed by atoms with van der Waals surface area (Å²) in [6.07, 6.45) is 0.451. The molecule has 5 heteroatoms. The van der Waals surface area contributed by atoms with Gasteiger partial charge in [0.25, 0.3) is 0 Å². The number of benzene rings is 2. The first-order valence-electron chi connectivity index (χ1n) is 6.59. The maximum atomic E-state index is 11.9. The quantitative estimate of drug-likeness (QED) is 0.634. The number of hydrogen-bond donors (Lipinski definition) is 2. The predicted octanol–water partition coefficient (Wildman–Crippen LogP) is 3.40. The zero-order valence-electron chi connectivity index (χ0n) is 11.8. The number of thioether (sulfide) groups is 1. The molecule has 0 fully saturated rings. The van der Waals surface area contributed by atoms with E-state index < -0.39 is 0 Å². The Morgan fingerprint density at radius 3 is 2.71 bits per heavy atom. The molecule has 2 aromatic rings. The van der Waals surface area contributed by atoms with Gasteiger partial charge >= 0.3 is 0 Å². The Hall–Kier alpha value is -2.14. The molecule has 110 valence electrons. The normalized spacial score (nSPS) is 10.1. The zero-order chi connectivity index (χ0) is 15.1. The number of ether oxygens (including phenoxy) is 1. The molecule has 0 unspecified atom stereocenters. The Balaban J connectivity index is 1.78. The fourth-order valence-electron chi connectivity index (χ4n) is 1.75. The minimum atomic E-state index is -0.00815. The largest absolute Gasteiger partial charge is 0.497 e. The molecule has 1 amide bonds. The molecule has 0 aliphatic heterocycles. The number of anilines is 2. The molecule has 2 rings (SSSR count). The summed E-state index contributed by atoms with van der Waals surface area (Å²) in [5, 5.41) is 2.86. The van der Waals surface area contributed by atoms with Crippen molar-refractivity contribution in [1.29, 1.82) is 0 Å². The van der Waals surface area contributed by atoms with Gasteiger partial charge in [0.2, 0.25) is 5.91 Å². The first-order chi connectivity index (χ1) is 10.2. The van der Waals surface area contributed by atoms with Crippen LogP contribution in [0.15, 0.2) is 53.4 Å². The first-order valence-corrected chi connectivity index (χ1v) is 7.58. The number of hydrogen-bond acceptors (Lipinski definition) is 4. The van der Waals surface area contributed by atoms with Crippen molar-refractivity contribution in [2.24, 2.45) is 0 Å². The van der Waals surface area contributed by atoms with Gasteiger partial charge in [-0.05, 0) is 36.4 Å². The maximum absolute atomic E-state index is 11.9. The second-order valence-corrected chi connectivity index (χ2v) is 5.62. The Bertz CT molecular complexity index is 599. The van der Waals surface area contributed by atoms with E-state index in [9.17, 15) is 4.79 Å². The van der Waals surface area contributed by atoms with Crippen molar-refractivity contribution in [3.8, 4) is 5.75 Å². The molecular formula is C16H18N2O2S. The molecule has 3 N–H and O–H groups in total. The highest BCUT2D eigenvalue weighted by Gasteiger charge is 2.04. The van der Waals surface area contributed by atoms with Gasteiger partial charge in [0.1, 0.15) is 5.75 Å². The van der Waals surface area contributed by atoms with Gasteiger partial charge in [0, 0.05) is 34.5 Å². The van der Waals surface area contributed by atoms with Gasteiger partial charge in [-0.3, -0.25) is 4.79 Å². The highest BCUT2D eigenvalue weighted by Crippen LogP contribution is 2.21. The van der Waals surface area contributed by atoms with Gasteiger partial charge in [-0.25, -0.2) is 0 Å². The molecule has 0 heterocycles. The van der Waals surface area contributed by atoms with E-state index in [-0.39, 0.29) is 5.91 Å². The van der Waals surface area contributed by atoms with Crippen molar-refractivity contribution in [1.82, 2.24) is 0 Å². The Morgan fingerprint density at radius 2 is 2.00 bits per heavy atom. The lowest BCUT2D eigenvalue weighted by Crippen LogP contribution is -2.12. The summed E-state index contributed by atoms with van der Waals surface area (Å²) in [5.41, 5.74) is 7.12. The number of methoxy groups -OCH3 is 1. The third-order valence-electron chi connectivity index (χ3n) is 2.83. The molecule has 0 aliphatic rings. The van der Waals surface area contributed by atoms with Crippen LogP contribution in [0.1, 0.15) is 6.42 Å². The molecular weight excluding hydrogens is 284 g/mol. The van der Waals surface area contributed by atoms with Crippen LogP contribution in [0.4, 0.5) is 11.4 Å². The van der Waals surface area contributed by atoms with Crippen molar-refractivity contribution in [2.75, 3.05) is 23.9 Å². The lowest BCUT2D eigenvalue weighted by atomic mass is 10.3. The Kier molecular flexibility index (Phi) is 5.51. The third-order valence-corrected chi connectivity index (χ3v) is 3.85. The maximum Gasteiger partial charge on any atom is 0.225 e. The summed E-state index contributed by atoms with van der Waals surface area (Å²) in [4.78, 5) is 13.0. The SMILES string of the molecule is COc1cccc(NC(=O)CCSc2ccc(N)cc2)c1. The monoisotopic (exact) mass is 302 g/mol. The molecule has 0 aromatic heterocycles. The third kappa shape index (κ3) is 5.04. The fourth-order valence-corrected chi connectivity index (χ4v) is 2.60. The topological polar surface area (TPSA) is 64.3 Å². The average Bonchev–Trinajstić information content (AvgIpc) is 2.49. The van der Waals surface area contributed by atoms with E-state index in [1.807, 2.05) is 42.5 Å². The van der Waals surface area contributed by atoms with E-state index in [4.69, 9.17) is 10.5 Å². The number of nitrogens with two attached hydrogens (primary N) is 1. The highest BCUT2D eigenvalue weighted by atomic mass is 32.2.